The summed E-state index contributed by atoms with van der Waals surface area (Å²) in [6.45, 7) is 8.20. The standard InChI is InChI=1S/C16H24N4O/c1-4-11(5-2)10-20(6-3)16-18-14-8-7-12(17)9-13(14)15(21)19-16/h7-9,11H,4-6,10,17H2,1-3H3,(H,18,19,21). The number of hydrogen-bond donors (Lipinski definition) is 2. The van der Waals surface area contributed by atoms with Crippen LogP contribution in [0.3, 0.4) is 0 Å². The number of fused-ring (bicyclic) bond motifs is 1. The van der Waals surface area contributed by atoms with Crippen molar-refractivity contribution in [2.45, 2.75) is 33.6 Å². The van der Waals surface area contributed by atoms with E-state index in [4.69, 9.17) is 5.73 Å². The number of aromatic amines is 1. The van der Waals surface area contributed by atoms with Gasteiger partial charge in [0.05, 0.1) is 10.9 Å². The van der Waals surface area contributed by atoms with E-state index in [-0.39, 0.29) is 5.56 Å². The van der Waals surface area contributed by atoms with Gasteiger partial charge in [-0.25, -0.2) is 4.98 Å². The predicted molar refractivity (Wildman–Crippen MR) is 88.7 cm³/mol. The van der Waals surface area contributed by atoms with E-state index in [2.05, 4.69) is 35.6 Å². The summed E-state index contributed by atoms with van der Waals surface area (Å²) in [5, 5.41) is 0.539. The lowest BCUT2D eigenvalue weighted by Gasteiger charge is -2.26. The first-order valence-electron chi connectivity index (χ1n) is 7.63. The molecule has 1 heterocycles. The lowest BCUT2D eigenvalue weighted by atomic mass is 10.0. The number of rotatable bonds is 6. The smallest absolute Gasteiger partial charge is 0.260 e. The second-order valence-corrected chi connectivity index (χ2v) is 5.39. The third kappa shape index (κ3) is 3.35. The molecule has 0 saturated carbocycles. The van der Waals surface area contributed by atoms with Crippen molar-refractivity contribution in [3.05, 3.63) is 28.6 Å². The number of nitrogens with two attached hydrogens (primary N) is 1. The lowest BCUT2D eigenvalue weighted by molar-refractivity contribution is 0.482. The Morgan fingerprint density at radius 1 is 1.29 bits per heavy atom. The molecule has 3 N–H and O–H groups in total. The molecule has 5 heteroatoms. The molecule has 1 aromatic carbocycles. The van der Waals surface area contributed by atoms with E-state index >= 15 is 0 Å². The topological polar surface area (TPSA) is 75.0 Å². The molecule has 0 unspecified atom stereocenters. The van der Waals surface area contributed by atoms with Crippen LogP contribution in [0.25, 0.3) is 10.9 Å². The molecule has 2 rings (SSSR count). The highest BCUT2D eigenvalue weighted by Crippen LogP contribution is 2.17. The van der Waals surface area contributed by atoms with Crippen LogP contribution in [-0.2, 0) is 0 Å². The van der Waals surface area contributed by atoms with Crippen molar-refractivity contribution in [3.8, 4) is 0 Å². The second-order valence-electron chi connectivity index (χ2n) is 5.39. The number of nitrogens with zero attached hydrogens (tertiary/aromatic N) is 2. The minimum Gasteiger partial charge on any atom is -0.399 e. The number of anilines is 2. The molecular formula is C16H24N4O. The predicted octanol–water partition coefficient (Wildman–Crippen LogP) is 2.77. The maximum absolute atomic E-state index is 12.2. The number of H-pyrrole nitrogens is 1. The van der Waals surface area contributed by atoms with E-state index in [1.807, 2.05) is 0 Å². The minimum atomic E-state index is -0.134. The van der Waals surface area contributed by atoms with Crippen LogP contribution in [0, 0.1) is 5.92 Å². The van der Waals surface area contributed by atoms with Gasteiger partial charge in [-0.2, -0.15) is 0 Å². The summed E-state index contributed by atoms with van der Waals surface area (Å²) in [5.74, 6) is 1.25. The first-order chi connectivity index (χ1) is 10.1. The zero-order valence-electron chi connectivity index (χ0n) is 13.0. The summed E-state index contributed by atoms with van der Waals surface area (Å²) in [7, 11) is 0. The van der Waals surface area contributed by atoms with Gasteiger partial charge in [0.15, 0.2) is 0 Å². The Morgan fingerprint density at radius 3 is 2.62 bits per heavy atom. The number of nitrogen functional groups attached to an aromatic ring is 1. The van der Waals surface area contributed by atoms with Gasteiger partial charge in [0.2, 0.25) is 5.95 Å². The van der Waals surface area contributed by atoms with E-state index in [1.54, 1.807) is 18.2 Å². The van der Waals surface area contributed by atoms with Crippen molar-refractivity contribution in [2.24, 2.45) is 5.92 Å². The monoisotopic (exact) mass is 288 g/mol. The largest absolute Gasteiger partial charge is 0.399 e. The van der Waals surface area contributed by atoms with E-state index in [0.29, 0.717) is 28.5 Å². The number of benzene rings is 1. The Bertz CT molecular complexity index is 661. The van der Waals surface area contributed by atoms with Gasteiger partial charge in [-0.15, -0.1) is 0 Å². The molecule has 0 radical (unpaired) electrons. The molecular weight excluding hydrogens is 264 g/mol. The van der Waals surface area contributed by atoms with Gasteiger partial charge in [-0.3, -0.25) is 9.78 Å². The average Bonchev–Trinajstić information content (AvgIpc) is 2.49. The maximum atomic E-state index is 12.2. The molecule has 114 valence electrons. The molecule has 2 aromatic rings. The minimum absolute atomic E-state index is 0.134. The third-order valence-corrected chi connectivity index (χ3v) is 4.03. The van der Waals surface area contributed by atoms with Crippen LogP contribution >= 0.6 is 0 Å². The van der Waals surface area contributed by atoms with Gasteiger partial charge < -0.3 is 10.6 Å². The summed E-state index contributed by atoms with van der Waals surface area (Å²) < 4.78 is 0. The summed E-state index contributed by atoms with van der Waals surface area (Å²) in [6.07, 6.45) is 2.25. The Labute approximate surface area is 125 Å². The van der Waals surface area contributed by atoms with Crippen LogP contribution in [0.15, 0.2) is 23.0 Å². The molecule has 0 aliphatic rings. The van der Waals surface area contributed by atoms with Crippen LogP contribution in [0.5, 0.6) is 0 Å². The molecule has 21 heavy (non-hydrogen) atoms. The highest BCUT2D eigenvalue weighted by Gasteiger charge is 2.14. The Kier molecular flexibility index (Phi) is 4.83. The normalized spacial score (nSPS) is 11.2. The van der Waals surface area contributed by atoms with E-state index in [9.17, 15) is 4.79 Å². The Balaban J connectivity index is 2.40. The highest BCUT2D eigenvalue weighted by atomic mass is 16.1. The lowest BCUT2D eigenvalue weighted by Crippen LogP contribution is -2.32. The van der Waals surface area contributed by atoms with Crippen LogP contribution in [-0.4, -0.2) is 23.1 Å². The molecule has 1 aromatic heterocycles. The zero-order valence-corrected chi connectivity index (χ0v) is 13.0. The second kappa shape index (κ2) is 6.61. The van der Waals surface area contributed by atoms with Crippen molar-refractivity contribution in [3.63, 3.8) is 0 Å². The van der Waals surface area contributed by atoms with E-state index in [0.717, 1.165) is 25.9 Å². The van der Waals surface area contributed by atoms with Crippen molar-refractivity contribution < 1.29 is 0 Å². The van der Waals surface area contributed by atoms with Crippen LogP contribution in [0.2, 0.25) is 0 Å². The van der Waals surface area contributed by atoms with Gasteiger partial charge in [-0.05, 0) is 31.0 Å². The van der Waals surface area contributed by atoms with Crippen molar-refractivity contribution >= 4 is 22.5 Å². The number of nitrogens with one attached hydrogen (secondary N) is 1. The van der Waals surface area contributed by atoms with Crippen LogP contribution < -0.4 is 16.2 Å². The van der Waals surface area contributed by atoms with Crippen LogP contribution in [0.1, 0.15) is 33.6 Å². The molecule has 0 spiro atoms. The number of aromatic nitrogens is 2. The van der Waals surface area contributed by atoms with Crippen molar-refractivity contribution in [1.29, 1.82) is 0 Å². The first kappa shape index (κ1) is 15.4. The molecule has 0 saturated heterocycles. The molecule has 0 amide bonds. The first-order valence-corrected chi connectivity index (χ1v) is 7.63. The summed E-state index contributed by atoms with van der Waals surface area (Å²) in [5.41, 5.74) is 6.86. The summed E-state index contributed by atoms with van der Waals surface area (Å²) in [6, 6.07) is 5.24. The Morgan fingerprint density at radius 2 is 2.00 bits per heavy atom. The third-order valence-electron chi connectivity index (χ3n) is 4.03. The van der Waals surface area contributed by atoms with Gasteiger partial charge in [-0.1, -0.05) is 26.7 Å². The van der Waals surface area contributed by atoms with Gasteiger partial charge >= 0.3 is 0 Å². The van der Waals surface area contributed by atoms with Crippen molar-refractivity contribution in [2.75, 3.05) is 23.7 Å². The molecule has 0 aliphatic heterocycles. The summed E-state index contributed by atoms with van der Waals surface area (Å²) in [4.78, 5) is 21.8. The average molecular weight is 288 g/mol. The van der Waals surface area contributed by atoms with Crippen molar-refractivity contribution in [1.82, 2.24) is 9.97 Å². The van der Waals surface area contributed by atoms with Gasteiger partial charge in [0.25, 0.3) is 5.56 Å². The molecule has 0 atom stereocenters. The molecule has 0 fully saturated rings. The van der Waals surface area contributed by atoms with Gasteiger partial charge in [0, 0.05) is 18.8 Å². The molecule has 0 bridgehead atoms. The highest BCUT2D eigenvalue weighted by molar-refractivity contribution is 5.81. The zero-order chi connectivity index (χ0) is 15.4. The Hall–Kier alpha value is -2.04. The SMILES string of the molecule is CCC(CC)CN(CC)c1nc2ccc(N)cc2c(=O)[nH]1. The van der Waals surface area contributed by atoms with E-state index < -0.39 is 0 Å². The van der Waals surface area contributed by atoms with Crippen LogP contribution in [0.4, 0.5) is 11.6 Å². The van der Waals surface area contributed by atoms with E-state index in [1.165, 1.54) is 0 Å². The molecule has 0 aliphatic carbocycles. The molecule has 5 nitrogen and oxygen atoms in total. The fourth-order valence-corrected chi connectivity index (χ4v) is 2.52. The maximum Gasteiger partial charge on any atom is 0.260 e. The quantitative estimate of drug-likeness (QED) is 0.801. The number of hydrogen-bond acceptors (Lipinski definition) is 4. The summed E-state index contributed by atoms with van der Waals surface area (Å²) >= 11 is 0. The van der Waals surface area contributed by atoms with Gasteiger partial charge in [0.1, 0.15) is 0 Å². The fourth-order valence-electron chi connectivity index (χ4n) is 2.52. The fraction of sp³-hybridized carbons (Fsp3) is 0.500.